The monoisotopic (exact) mass is 695 g/mol. The van der Waals surface area contributed by atoms with E-state index in [1.165, 1.54) is 24.4 Å². The number of nitrogens with one attached hydrogen (secondary N) is 6. The van der Waals surface area contributed by atoms with Crippen LogP contribution in [-0.4, -0.2) is 63.8 Å². The van der Waals surface area contributed by atoms with E-state index in [1.54, 1.807) is 16.0 Å². The van der Waals surface area contributed by atoms with Crippen molar-refractivity contribution in [2.24, 2.45) is 0 Å². The molecule has 2 aromatic carbocycles. The maximum absolute atomic E-state index is 13.9. The fourth-order valence-corrected chi connectivity index (χ4v) is 6.13. The number of aromatic nitrogens is 1. The molecular formula is C32H36Cl2FN11O2. The molecule has 6 rings (SSSR count). The van der Waals surface area contributed by atoms with Gasteiger partial charge < -0.3 is 31.1 Å². The van der Waals surface area contributed by atoms with Gasteiger partial charge in [-0.2, -0.15) is 5.26 Å². The summed E-state index contributed by atoms with van der Waals surface area (Å²) in [7, 11) is 1.87. The van der Waals surface area contributed by atoms with Crippen molar-refractivity contribution in [3.63, 3.8) is 0 Å². The van der Waals surface area contributed by atoms with Crippen molar-refractivity contribution in [1.29, 1.82) is 5.26 Å². The molecular weight excluding hydrogens is 660 g/mol. The van der Waals surface area contributed by atoms with Crippen molar-refractivity contribution in [2.45, 2.75) is 51.3 Å². The lowest BCUT2D eigenvalue weighted by Gasteiger charge is -2.36. The number of halogens is 3. The Balaban J connectivity index is 1.27. The number of hydrogen-bond donors (Lipinski definition) is 6. The lowest BCUT2D eigenvalue weighted by Crippen LogP contribution is -2.50. The van der Waals surface area contributed by atoms with E-state index in [0.29, 0.717) is 46.1 Å². The third-order valence-corrected chi connectivity index (χ3v) is 8.57. The van der Waals surface area contributed by atoms with Crippen LogP contribution in [0.15, 0.2) is 60.3 Å². The third-order valence-electron chi connectivity index (χ3n) is 7.99. The smallest absolute Gasteiger partial charge is 0.410 e. The molecule has 0 spiro atoms. The van der Waals surface area contributed by atoms with Crippen LogP contribution >= 0.6 is 23.2 Å². The van der Waals surface area contributed by atoms with Crippen LogP contribution in [0.2, 0.25) is 10.0 Å². The van der Waals surface area contributed by atoms with Gasteiger partial charge in [0.2, 0.25) is 0 Å². The lowest BCUT2D eigenvalue weighted by molar-refractivity contribution is 0.0144. The Kier molecular flexibility index (Phi) is 9.30. The van der Waals surface area contributed by atoms with Crippen LogP contribution in [0.5, 0.6) is 0 Å². The molecule has 16 heteroatoms. The normalized spacial score (nSPS) is 17.3. The van der Waals surface area contributed by atoms with Crippen molar-refractivity contribution in [1.82, 2.24) is 41.8 Å². The van der Waals surface area contributed by atoms with Crippen LogP contribution in [0, 0.1) is 17.1 Å². The van der Waals surface area contributed by atoms with E-state index in [2.05, 4.69) is 43.6 Å². The molecule has 1 saturated heterocycles. The van der Waals surface area contributed by atoms with Gasteiger partial charge in [0.05, 0.1) is 38.2 Å². The zero-order valence-corrected chi connectivity index (χ0v) is 28.3. The highest BCUT2D eigenvalue weighted by Crippen LogP contribution is 2.36. The third kappa shape index (κ3) is 7.24. The van der Waals surface area contributed by atoms with Gasteiger partial charge in [0, 0.05) is 61.5 Å². The standard InChI is InChI=1S/C32H36Cl2FN11O2/c1-32(2,3)48-31(47)45-9-7-21(8-10-45)46-17-27(41-43-46)30(26-16-44(4)42-40-26)39-20-11-22-28(38-19-5-6-25(35)23(33)12-19)18(14-36)15-37-29(22)24(34)13-20/h5-6,11-13,15-17,21,30,39-43H,7-10H2,1-4H3,(H,37,38). The van der Waals surface area contributed by atoms with Crippen LogP contribution in [-0.2, 0) is 4.74 Å². The van der Waals surface area contributed by atoms with E-state index < -0.39 is 17.5 Å². The number of fused-ring (bicyclic) bond motifs is 1. The highest BCUT2D eigenvalue weighted by atomic mass is 35.5. The first-order valence-corrected chi connectivity index (χ1v) is 16.1. The molecule has 3 aromatic rings. The van der Waals surface area contributed by atoms with E-state index in [-0.39, 0.29) is 22.7 Å². The second-order valence-electron chi connectivity index (χ2n) is 12.7. The summed E-state index contributed by atoms with van der Waals surface area (Å²) in [4.78, 5) is 18.8. The molecule has 0 saturated carbocycles. The molecule has 6 N–H and O–H groups in total. The average Bonchev–Trinajstić information content (AvgIpc) is 3.71. The molecule has 1 fully saturated rings. The second-order valence-corrected chi connectivity index (χ2v) is 13.5. The molecule has 3 aliphatic rings. The van der Waals surface area contributed by atoms with E-state index in [0.717, 1.165) is 24.2 Å². The van der Waals surface area contributed by atoms with Gasteiger partial charge in [-0.3, -0.25) is 15.0 Å². The maximum Gasteiger partial charge on any atom is 0.410 e. The van der Waals surface area contributed by atoms with Crippen LogP contribution in [0.1, 0.15) is 39.2 Å². The first kappa shape index (κ1) is 33.2. The summed E-state index contributed by atoms with van der Waals surface area (Å²) in [5, 5.41) is 21.4. The number of nitriles is 1. The summed E-state index contributed by atoms with van der Waals surface area (Å²) in [6.07, 6.45) is 6.59. The summed E-state index contributed by atoms with van der Waals surface area (Å²) in [6, 6.07) is 9.77. The molecule has 0 bridgehead atoms. The predicted octanol–water partition coefficient (Wildman–Crippen LogP) is 5.44. The Morgan fingerprint density at radius 3 is 2.46 bits per heavy atom. The number of anilines is 3. The minimum Gasteiger partial charge on any atom is -0.444 e. The number of hydrazine groups is 4. The van der Waals surface area contributed by atoms with Crippen molar-refractivity contribution in [3.05, 3.63) is 81.7 Å². The van der Waals surface area contributed by atoms with E-state index in [9.17, 15) is 14.4 Å². The van der Waals surface area contributed by atoms with Gasteiger partial charge in [-0.05, 0) is 63.9 Å². The van der Waals surface area contributed by atoms with Crippen molar-refractivity contribution >= 4 is 57.3 Å². The van der Waals surface area contributed by atoms with Crippen LogP contribution in [0.25, 0.3) is 10.9 Å². The topological polar surface area (TPSA) is 145 Å². The Morgan fingerprint density at radius 1 is 1.08 bits per heavy atom. The SMILES string of the molecule is CN1C=C(C(Nc2cc(Cl)c3ncc(C#N)c(Nc4ccc(F)c(Cl)c4)c3c2)C2=CN(C3CCN(C(=O)OC(C)(C)C)CC3)NN2)NN1. The average molecular weight is 697 g/mol. The molecule has 0 aliphatic carbocycles. The zero-order chi connectivity index (χ0) is 34.2. The first-order valence-electron chi connectivity index (χ1n) is 15.4. The van der Waals surface area contributed by atoms with Gasteiger partial charge in [-0.1, -0.05) is 23.2 Å². The number of carbonyl (C=O) groups is 1. The minimum absolute atomic E-state index is 0.0513. The van der Waals surface area contributed by atoms with Crippen LogP contribution < -0.4 is 32.6 Å². The number of pyridine rings is 1. The van der Waals surface area contributed by atoms with Crippen LogP contribution in [0.4, 0.5) is 26.2 Å². The van der Waals surface area contributed by atoms with E-state index >= 15 is 0 Å². The van der Waals surface area contributed by atoms with Crippen LogP contribution in [0.3, 0.4) is 0 Å². The first-order chi connectivity index (χ1) is 22.9. The Hall–Kier alpha value is -4.68. The fraction of sp³-hybridized carbons (Fsp3) is 0.344. The number of rotatable bonds is 7. The number of nitrogens with zero attached hydrogens (tertiary/aromatic N) is 5. The Morgan fingerprint density at radius 2 is 1.79 bits per heavy atom. The van der Waals surface area contributed by atoms with Crippen molar-refractivity contribution in [2.75, 3.05) is 30.8 Å². The molecule has 1 amide bonds. The summed E-state index contributed by atoms with van der Waals surface area (Å²) in [5.74, 6) is -0.549. The van der Waals surface area contributed by atoms with E-state index in [1.807, 2.05) is 51.3 Å². The van der Waals surface area contributed by atoms with Gasteiger partial charge in [0.1, 0.15) is 23.5 Å². The van der Waals surface area contributed by atoms with Gasteiger partial charge in [-0.15, -0.1) is 11.1 Å². The maximum atomic E-state index is 13.9. The Bertz CT molecular complexity index is 1830. The van der Waals surface area contributed by atoms with Gasteiger partial charge in [0.15, 0.2) is 0 Å². The molecule has 4 heterocycles. The van der Waals surface area contributed by atoms with E-state index in [4.69, 9.17) is 27.9 Å². The van der Waals surface area contributed by atoms with Crippen molar-refractivity contribution < 1.29 is 13.9 Å². The molecule has 48 heavy (non-hydrogen) atoms. The number of piperidine rings is 1. The summed E-state index contributed by atoms with van der Waals surface area (Å²) in [6.45, 7) is 6.76. The highest BCUT2D eigenvalue weighted by molar-refractivity contribution is 6.36. The summed E-state index contributed by atoms with van der Waals surface area (Å²) < 4.78 is 19.4. The number of likely N-dealkylation sites (tertiary alicyclic amines) is 1. The number of carbonyl (C=O) groups excluding carboxylic acids is 1. The number of amides is 1. The fourth-order valence-electron chi connectivity index (χ4n) is 5.68. The second kappa shape index (κ2) is 13.4. The summed E-state index contributed by atoms with van der Waals surface area (Å²) in [5.41, 5.74) is 16.3. The molecule has 1 unspecified atom stereocenters. The summed E-state index contributed by atoms with van der Waals surface area (Å²) >= 11 is 12.8. The van der Waals surface area contributed by atoms with Crippen molar-refractivity contribution in [3.8, 4) is 6.07 Å². The number of hydrogen-bond acceptors (Lipinski definition) is 12. The molecule has 13 nitrogen and oxygen atoms in total. The molecule has 1 aromatic heterocycles. The van der Waals surface area contributed by atoms with Gasteiger partial charge in [-0.25, -0.2) is 9.18 Å². The molecule has 1 atom stereocenters. The largest absolute Gasteiger partial charge is 0.444 e. The zero-order valence-electron chi connectivity index (χ0n) is 26.8. The number of ether oxygens (including phenoxy) is 1. The molecule has 3 aliphatic heterocycles. The highest BCUT2D eigenvalue weighted by Gasteiger charge is 2.33. The minimum atomic E-state index is -0.549. The number of benzene rings is 2. The molecule has 0 radical (unpaired) electrons. The van der Waals surface area contributed by atoms with Gasteiger partial charge >= 0.3 is 6.09 Å². The quantitative estimate of drug-likeness (QED) is 0.187. The van der Waals surface area contributed by atoms with Gasteiger partial charge in [0.25, 0.3) is 0 Å². The molecule has 252 valence electrons. The lowest BCUT2D eigenvalue weighted by atomic mass is 10.0. The Labute approximate surface area is 287 Å². The predicted molar refractivity (Wildman–Crippen MR) is 183 cm³/mol.